The Morgan fingerprint density at radius 1 is 0.929 bits per heavy atom. The van der Waals surface area contributed by atoms with Gasteiger partial charge in [0.05, 0.1) is 23.0 Å². The van der Waals surface area contributed by atoms with E-state index in [0.29, 0.717) is 19.0 Å². The first-order valence-corrected chi connectivity index (χ1v) is 15.5. The third-order valence-electron chi connectivity index (χ3n) is 9.26. The number of primary amides is 1. The molecule has 2 aromatic rings. The van der Waals surface area contributed by atoms with E-state index >= 15 is 0 Å². The molecule has 3 aliphatic rings. The van der Waals surface area contributed by atoms with Crippen LogP contribution in [0.3, 0.4) is 0 Å². The van der Waals surface area contributed by atoms with Crippen LogP contribution in [-0.2, 0) is 11.3 Å². The monoisotopic (exact) mass is 625 g/mol. The van der Waals surface area contributed by atoms with E-state index < -0.39 is 6.03 Å². The second kappa shape index (κ2) is 16.5. The summed E-state index contributed by atoms with van der Waals surface area (Å²) in [6, 6.07) is 7.11. The number of rotatable bonds is 8. The van der Waals surface area contributed by atoms with Crippen LogP contribution in [0, 0.1) is 11.8 Å². The van der Waals surface area contributed by atoms with Crippen molar-refractivity contribution >= 4 is 47.8 Å². The van der Waals surface area contributed by atoms with Crippen LogP contribution in [0.2, 0.25) is 0 Å². The minimum atomic E-state index is -0.608. The summed E-state index contributed by atoms with van der Waals surface area (Å²) in [5.41, 5.74) is 6.78. The third-order valence-corrected chi connectivity index (χ3v) is 9.26. The van der Waals surface area contributed by atoms with Gasteiger partial charge in [-0.2, -0.15) is 0 Å². The molecule has 1 aliphatic carbocycles. The summed E-state index contributed by atoms with van der Waals surface area (Å²) < 4.78 is 3.56. The van der Waals surface area contributed by atoms with Gasteiger partial charge in [-0.15, -0.1) is 24.8 Å². The van der Waals surface area contributed by atoms with Crippen molar-refractivity contribution < 1.29 is 9.59 Å². The highest BCUT2D eigenvalue weighted by molar-refractivity contribution is 5.85. The highest BCUT2D eigenvalue weighted by Crippen LogP contribution is 2.33. The third kappa shape index (κ3) is 8.42. The molecule has 1 aromatic carbocycles. The second-order valence-electron chi connectivity index (χ2n) is 12.1. The Morgan fingerprint density at radius 3 is 2.29 bits per heavy atom. The summed E-state index contributed by atoms with van der Waals surface area (Å²) in [7, 11) is 0. The lowest BCUT2D eigenvalue weighted by Gasteiger charge is -2.40. The van der Waals surface area contributed by atoms with Crippen LogP contribution in [0.5, 0.6) is 0 Å². The van der Waals surface area contributed by atoms with Gasteiger partial charge < -0.3 is 26.6 Å². The highest BCUT2D eigenvalue weighted by Gasteiger charge is 2.38. The van der Waals surface area contributed by atoms with Crippen LogP contribution in [-0.4, -0.2) is 71.3 Å². The van der Waals surface area contributed by atoms with E-state index in [1.807, 2.05) is 28.8 Å². The maximum Gasteiger partial charge on any atom is 0.329 e. The normalized spacial score (nSPS) is 22.8. The zero-order valence-electron chi connectivity index (χ0n) is 24.6. The minimum absolute atomic E-state index is 0. The van der Waals surface area contributed by atoms with Gasteiger partial charge in [0.15, 0.2) is 0 Å². The molecule has 3 amide bonds. The van der Waals surface area contributed by atoms with Crippen molar-refractivity contribution in [3.8, 4) is 0 Å². The number of para-hydroxylation sites is 2. The fourth-order valence-electron chi connectivity index (χ4n) is 7.16. The Morgan fingerprint density at radius 2 is 1.60 bits per heavy atom. The maximum absolute atomic E-state index is 13.9. The van der Waals surface area contributed by atoms with Gasteiger partial charge in [0.1, 0.15) is 0 Å². The molecule has 3 heterocycles. The number of hydrogen-bond acceptors (Lipinski definition) is 5. The van der Waals surface area contributed by atoms with Crippen LogP contribution < -0.4 is 27.4 Å². The van der Waals surface area contributed by atoms with Crippen LogP contribution in [0.1, 0.15) is 70.3 Å². The first-order chi connectivity index (χ1) is 19.5. The van der Waals surface area contributed by atoms with Crippen LogP contribution in [0.25, 0.3) is 11.0 Å². The van der Waals surface area contributed by atoms with E-state index in [-0.39, 0.29) is 61.0 Å². The quantitative estimate of drug-likeness (QED) is 0.358. The number of halogens is 2. The summed E-state index contributed by atoms with van der Waals surface area (Å²) in [4.78, 5) is 41.6. The number of carbonyl (C=O) groups is 2. The number of hydrogen-bond donors (Lipinski definition) is 4. The first kappa shape index (κ1) is 34.2. The average molecular weight is 627 g/mol. The molecule has 236 valence electrons. The molecule has 12 heteroatoms. The molecule has 10 nitrogen and oxygen atoms in total. The number of nitrogens with zero attached hydrogens (tertiary/aromatic N) is 3. The molecule has 5 N–H and O–H groups in total. The summed E-state index contributed by atoms with van der Waals surface area (Å²) in [6.07, 6.45) is 11.8. The van der Waals surface area contributed by atoms with Gasteiger partial charge in [0.25, 0.3) is 0 Å². The summed E-state index contributed by atoms with van der Waals surface area (Å²) >= 11 is 0. The number of imidazole rings is 1. The molecule has 0 spiro atoms. The SMILES string of the molecule is Cl.Cl.NC(=O)NCCn1c(=O)n([C@H]2CCN(CC3CCCCCCC3)C[C@@H]2C(=O)NC2CCNCC2)c2ccccc21. The fraction of sp³-hybridized carbons (Fsp3) is 0.700. The Bertz CT molecular complexity index is 1210. The highest BCUT2D eigenvalue weighted by atomic mass is 35.5. The largest absolute Gasteiger partial charge is 0.353 e. The van der Waals surface area contributed by atoms with Gasteiger partial charge in [-0.3, -0.25) is 13.9 Å². The van der Waals surface area contributed by atoms with E-state index in [1.165, 1.54) is 44.9 Å². The zero-order valence-corrected chi connectivity index (χ0v) is 26.2. The van der Waals surface area contributed by atoms with Gasteiger partial charge in [0.2, 0.25) is 5.91 Å². The van der Waals surface area contributed by atoms with Crippen molar-refractivity contribution in [3.05, 3.63) is 34.7 Å². The zero-order chi connectivity index (χ0) is 27.9. The molecule has 0 bridgehead atoms. The number of carbonyl (C=O) groups excluding carboxylic acids is 2. The minimum Gasteiger partial charge on any atom is -0.353 e. The van der Waals surface area contributed by atoms with Gasteiger partial charge in [-0.25, -0.2) is 9.59 Å². The lowest BCUT2D eigenvalue weighted by Crippen LogP contribution is -2.53. The molecule has 5 rings (SSSR count). The molecule has 1 saturated carbocycles. The van der Waals surface area contributed by atoms with Crippen molar-refractivity contribution in [2.75, 3.05) is 39.3 Å². The number of fused-ring (bicyclic) bond motifs is 1. The molecule has 1 aromatic heterocycles. The van der Waals surface area contributed by atoms with Crippen molar-refractivity contribution in [2.45, 2.75) is 82.8 Å². The van der Waals surface area contributed by atoms with E-state index in [1.54, 1.807) is 4.57 Å². The van der Waals surface area contributed by atoms with Gasteiger partial charge >= 0.3 is 11.7 Å². The molecule has 3 fully saturated rings. The molecule has 2 saturated heterocycles. The number of amides is 3. The number of likely N-dealkylation sites (tertiary alicyclic amines) is 1. The molecule has 0 radical (unpaired) electrons. The lowest BCUT2D eigenvalue weighted by molar-refractivity contribution is -0.129. The van der Waals surface area contributed by atoms with E-state index in [2.05, 4.69) is 20.9 Å². The molecule has 2 aliphatic heterocycles. The number of nitrogens with one attached hydrogen (secondary N) is 3. The van der Waals surface area contributed by atoms with Crippen molar-refractivity contribution in [3.63, 3.8) is 0 Å². The topological polar surface area (TPSA) is 126 Å². The second-order valence-corrected chi connectivity index (χ2v) is 12.1. The molecule has 42 heavy (non-hydrogen) atoms. The average Bonchev–Trinajstić information content (AvgIpc) is 3.21. The maximum atomic E-state index is 13.9. The lowest BCUT2D eigenvalue weighted by atomic mass is 9.87. The van der Waals surface area contributed by atoms with Crippen LogP contribution in [0.4, 0.5) is 4.79 Å². The van der Waals surface area contributed by atoms with Crippen molar-refractivity contribution in [2.24, 2.45) is 17.6 Å². The predicted octanol–water partition coefficient (Wildman–Crippen LogP) is 3.41. The Kier molecular flexibility index (Phi) is 13.5. The van der Waals surface area contributed by atoms with Crippen LogP contribution >= 0.6 is 24.8 Å². The van der Waals surface area contributed by atoms with Gasteiger partial charge in [-0.05, 0) is 63.2 Å². The number of piperidine rings is 2. The molecular weight excluding hydrogens is 577 g/mol. The Labute approximate surface area is 261 Å². The number of nitrogens with two attached hydrogens (primary N) is 1. The number of benzene rings is 1. The van der Waals surface area contributed by atoms with Gasteiger partial charge in [-0.1, -0.05) is 44.2 Å². The van der Waals surface area contributed by atoms with Crippen molar-refractivity contribution in [1.29, 1.82) is 0 Å². The molecule has 0 unspecified atom stereocenters. The summed E-state index contributed by atoms with van der Waals surface area (Å²) in [6.45, 7) is 5.02. The van der Waals surface area contributed by atoms with E-state index in [9.17, 15) is 14.4 Å². The standard InChI is InChI=1S/C30H47N7O3.2ClH/c31-29(39)33-17-19-36-26-10-6-7-11-27(26)37(30(36)40)25-14-18-35(20-22-8-4-2-1-3-5-9-22)21-24(25)28(38)34-23-12-15-32-16-13-23;;/h6-7,10-11,22-25,32H,1-5,8-9,12-21H2,(H,34,38)(H3,31,33,39);2*1H/t24-,25-;;/m0../s1. The first-order valence-electron chi connectivity index (χ1n) is 15.5. The van der Waals surface area contributed by atoms with Crippen molar-refractivity contribution in [1.82, 2.24) is 30.0 Å². The Hall–Kier alpha value is -2.27. The summed E-state index contributed by atoms with van der Waals surface area (Å²) in [5, 5.41) is 9.33. The predicted molar refractivity (Wildman–Crippen MR) is 172 cm³/mol. The number of urea groups is 1. The van der Waals surface area contributed by atoms with E-state index in [4.69, 9.17) is 5.73 Å². The van der Waals surface area contributed by atoms with E-state index in [0.717, 1.165) is 56.5 Å². The van der Waals surface area contributed by atoms with Crippen LogP contribution in [0.15, 0.2) is 29.1 Å². The Balaban J connectivity index is 0.00000242. The number of aromatic nitrogens is 2. The van der Waals surface area contributed by atoms with Gasteiger partial charge in [0, 0.05) is 38.8 Å². The molecular formula is C30H49Cl2N7O3. The fourth-order valence-corrected chi connectivity index (χ4v) is 7.16. The summed E-state index contributed by atoms with van der Waals surface area (Å²) in [5.74, 6) is 0.448. The molecule has 2 atom stereocenters. The smallest absolute Gasteiger partial charge is 0.329 e.